The van der Waals surface area contributed by atoms with E-state index in [4.69, 9.17) is 0 Å². The minimum Gasteiger partial charge on any atom is -0.330 e. The molecular formula is C17H13N3O2. The van der Waals surface area contributed by atoms with Crippen molar-refractivity contribution in [1.29, 1.82) is 0 Å². The van der Waals surface area contributed by atoms with Gasteiger partial charge in [-0.15, -0.1) is 0 Å². The Labute approximate surface area is 126 Å². The standard InChI is InChI=1S/C17H13N3O2/c1-19-14-9-5-4-8-13(14)18-15(19)10-20-16(21)11-6-2-3-7-12(11)17(20)22/h2-9H,10H2,1H3. The number of aryl methyl sites for hydroxylation is 1. The average molecular weight is 291 g/mol. The zero-order valence-corrected chi connectivity index (χ0v) is 12.0. The third kappa shape index (κ3) is 1.69. The number of imide groups is 1. The van der Waals surface area contributed by atoms with Gasteiger partial charge < -0.3 is 4.57 Å². The van der Waals surface area contributed by atoms with Crippen molar-refractivity contribution in [3.8, 4) is 0 Å². The van der Waals surface area contributed by atoms with Crippen molar-refractivity contribution in [2.24, 2.45) is 7.05 Å². The Morgan fingerprint density at radius 1 is 0.909 bits per heavy atom. The van der Waals surface area contributed by atoms with E-state index in [9.17, 15) is 9.59 Å². The van der Waals surface area contributed by atoms with Crippen LogP contribution in [-0.4, -0.2) is 26.3 Å². The summed E-state index contributed by atoms with van der Waals surface area (Å²) < 4.78 is 1.92. The molecule has 0 spiro atoms. The Hall–Kier alpha value is -2.95. The van der Waals surface area contributed by atoms with Crippen molar-refractivity contribution in [1.82, 2.24) is 14.5 Å². The maximum atomic E-state index is 12.4. The normalized spacial score (nSPS) is 14.0. The monoisotopic (exact) mass is 291 g/mol. The molecule has 0 unspecified atom stereocenters. The second-order valence-electron chi connectivity index (χ2n) is 5.32. The van der Waals surface area contributed by atoms with Crippen LogP contribution in [0.1, 0.15) is 26.5 Å². The molecule has 2 amide bonds. The zero-order chi connectivity index (χ0) is 15.3. The highest BCUT2D eigenvalue weighted by molar-refractivity contribution is 6.21. The molecule has 0 atom stereocenters. The number of carbonyl (C=O) groups excluding carboxylic acids is 2. The first-order chi connectivity index (χ1) is 10.7. The SMILES string of the molecule is Cn1c(CN2C(=O)c3ccccc3C2=O)nc2ccccc21. The van der Waals surface area contributed by atoms with Crippen LogP contribution in [-0.2, 0) is 13.6 Å². The molecule has 22 heavy (non-hydrogen) atoms. The summed E-state index contributed by atoms with van der Waals surface area (Å²) in [5.41, 5.74) is 2.77. The number of para-hydroxylation sites is 2. The van der Waals surface area contributed by atoms with Gasteiger partial charge in [-0.3, -0.25) is 14.5 Å². The number of imidazole rings is 1. The van der Waals surface area contributed by atoms with E-state index in [1.807, 2.05) is 35.9 Å². The van der Waals surface area contributed by atoms with Gasteiger partial charge in [0.25, 0.3) is 11.8 Å². The van der Waals surface area contributed by atoms with Crippen LogP contribution in [0, 0.1) is 0 Å². The highest BCUT2D eigenvalue weighted by atomic mass is 16.2. The second-order valence-corrected chi connectivity index (χ2v) is 5.32. The van der Waals surface area contributed by atoms with Crippen molar-refractivity contribution in [2.75, 3.05) is 0 Å². The van der Waals surface area contributed by atoms with Crippen molar-refractivity contribution in [2.45, 2.75) is 6.54 Å². The van der Waals surface area contributed by atoms with Gasteiger partial charge in [0.1, 0.15) is 5.82 Å². The van der Waals surface area contributed by atoms with Gasteiger partial charge >= 0.3 is 0 Å². The summed E-state index contributed by atoms with van der Waals surface area (Å²) >= 11 is 0. The number of amides is 2. The van der Waals surface area contributed by atoms with Gasteiger partial charge in [-0.1, -0.05) is 24.3 Å². The largest absolute Gasteiger partial charge is 0.330 e. The number of carbonyl (C=O) groups is 2. The average Bonchev–Trinajstić information content (AvgIpc) is 2.99. The molecule has 1 aromatic heterocycles. The number of nitrogens with zero attached hydrogens (tertiary/aromatic N) is 3. The molecule has 2 heterocycles. The maximum Gasteiger partial charge on any atom is 0.261 e. The molecule has 0 saturated carbocycles. The molecule has 108 valence electrons. The number of aromatic nitrogens is 2. The van der Waals surface area contributed by atoms with Gasteiger partial charge in [-0.25, -0.2) is 4.98 Å². The van der Waals surface area contributed by atoms with Crippen LogP contribution in [0.15, 0.2) is 48.5 Å². The van der Waals surface area contributed by atoms with Crippen molar-refractivity contribution < 1.29 is 9.59 Å². The lowest BCUT2D eigenvalue weighted by Crippen LogP contribution is -2.30. The van der Waals surface area contributed by atoms with Crippen LogP contribution in [0.3, 0.4) is 0 Å². The van der Waals surface area contributed by atoms with Crippen LogP contribution < -0.4 is 0 Å². The fourth-order valence-corrected chi connectivity index (χ4v) is 2.86. The molecule has 0 fully saturated rings. The van der Waals surface area contributed by atoms with E-state index in [1.54, 1.807) is 24.3 Å². The summed E-state index contributed by atoms with van der Waals surface area (Å²) in [6.07, 6.45) is 0. The van der Waals surface area contributed by atoms with Crippen LogP contribution in [0.4, 0.5) is 0 Å². The lowest BCUT2D eigenvalue weighted by molar-refractivity contribution is 0.0637. The van der Waals surface area contributed by atoms with Gasteiger partial charge in [0.05, 0.1) is 28.7 Å². The Balaban J connectivity index is 1.74. The molecule has 1 aliphatic heterocycles. The smallest absolute Gasteiger partial charge is 0.261 e. The molecule has 3 aromatic rings. The Kier molecular flexibility index (Phi) is 2.63. The Bertz CT molecular complexity index is 892. The minimum atomic E-state index is -0.257. The molecule has 5 nitrogen and oxygen atoms in total. The summed E-state index contributed by atoms with van der Waals surface area (Å²) in [5, 5.41) is 0. The van der Waals surface area contributed by atoms with E-state index in [0.29, 0.717) is 17.0 Å². The summed E-state index contributed by atoms with van der Waals surface area (Å²) in [4.78, 5) is 30.6. The van der Waals surface area contributed by atoms with Crippen molar-refractivity contribution in [3.05, 3.63) is 65.5 Å². The Morgan fingerprint density at radius 2 is 1.50 bits per heavy atom. The third-order valence-corrected chi connectivity index (χ3v) is 4.06. The van der Waals surface area contributed by atoms with Crippen LogP contribution in [0.5, 0.6) is 0 Å². The van der Waals surface area contributed by atoms with E-state index in [0.717, 1.165) is 11.0 Å². The highest BCUT2D eigenvalue weighted by Gasteiger charge is 2.35. The molecule has 0 aliphatic carbocycles. The fraction of sp³-hybridized carbons (Fsp3) is 0.118. The van der Waals surface area contributed by atoms with Gasteiger partial charge in [0.2, 0.25) is 0 Å². The molecule has 1 aliphatic rings. The van der Waals surface area contributed by atoms with Crippen molar-refractivity contribution >= 4 is 22.8 Å². The summed E-state index contributed by atoms with van der Waals surface area (Å²) in [6, 6.07) is 14.6. The van der Waals surface area contributed by atoms with E-state index in [-0.39, 0.29) is 18.4 Å². The van der Waals surface area contributed by atoms with E-state index >= 15 is 0 Å². The van der Waals surface area contributed by atoms with Gasteiger partial charge in [-0.05, 0) is 24.3 Å². The maximum absolute atomic E-state index is 12.4. The topological polar surface area (TPSA) is 55.2 Å². The first-order valence-electron chi connectivity index (χ1n) is 7.02. The molecule has 0 N–H and O–H groups in total. The summed E-state index contributed by atoms with van der Waals surface area (Å²) in [6.45, 7) is 0.178. The number of rotatable bonds is 2. The minimum absolute atomic E-state index is 0.178. The molecule has 0 radical (unpaired) electrons. The second kappa shape index (κ2) is 4.53. The number of hydrogen-bond donors (Lipinski definition) is 0. The van der Waals surface area contributed by atoms with E-state index in [2.05, 4.69) is 4.98 Å². The molecule has 0 bridgehead atoms. The van der Waals surface area contributed by atoms with E-state index in [1.165, 1.54) is 4.90 Å². The molecule has 5 heteroatoms. The zero-order valence-electron chi connectivity index (χ0n) is 12.0. The van der Waals surface area contributed by atoms with E-state index < -0.39 is 0 Å². The molecule has 2 aromatic carbocycles. The number of hydrogen-bond acceptors (Lipinski definition) is 3. The van der Waals surface area contributed by atoms with Crippen LogP contribution in [0.2, 0.25) is 0 Å². The predicted molar refractivity (Wildman–Crippen MR) is 81.4 cm³/mol. The quantitative estimate of drug-likeness (QED) is 0.681. The Morgan fingerprint density at radius 3 is 2.14 bits per heavy atom. The molecule has 0 saturated heterocycles. The summed E-state index contributed by atoms with van der Waals surface area (Å²) in [5.74, 6) is 0.177. The van der Waals surface area contributed by atoms with Gasteiger partial charge in [0, 0.05) is 7.05 Å². The lowest BCUT2D eigenvalue weighted by Gasteiger charge is -2.13. The first-order valence-corrected chi connectivity index (χ1v) is 7.02. The third-order valence-electron chi connectivity index (χ3n) is 4.06. The highest BCUT2D eigenvalue weighted by Crippen LogP contribution is 2.25. The summed E-state index contributed by atoms with van der Waals surface area (Å²) in [7, 11) is 1.89. The number of fused-ring (bicyclic) bond motifs is 2. The fourth-order valence-electron chi connectivity index (χ4n) is 2.86. The van der Waals surface area contributed by atoms with Gasteiger partial charge in [-0.2, -0.15) is 0 Å². The van der Waals surface area contributed by atoms with Gasteiger partial charge in [0.15, 0.2) is 0 Å². The van der Waals surface area contributed by atoms with Crippen LogP contribution >= 0.6 is 0 Å². The lowest BCUT2D eigenvalue weighted by atomic mass is 10.1. The van der Waals surface area contributed by atoms with Crippen LogP contribution in [0.25, 0.3) is 11.0 Å². The molecular weight excluding hydrogens is 278 g/mol. The predicted octanol–water partition coefficient (Wildman–Crippen LogP) is 2.37. The van der Waals surface area contributed by atoms with Crippen molar-refractivity contribution in [3.63, 3.8) is 0 Å². The first kappa shape index (κ1) is 12.8. The number of benzene rings is 2. The molecule has 4 rings (SSSR count).